The first-order chi connectivity index (χ1) is 11.8. The largest absolute Gasteiger partial charge is 0.268 e. The van der Waals surface area contributed by atoms with Crippen molar-refractivity contribution in [2.24, 2.45) is 0 Å². The van der Waals surface area contributed by atoms with Gasteiger partial charge in [-0.3, -0.25) is 9.36 Å². The Balaban J connectivity index is 2.00. The zero-order chi connectivity index (χ0) is 16.8. The second-order valence-electron chi connectivity index (χ2n) is 5.80. The predicted octanol–water partition coefficient (Wildman–Crippen LogP) is 5.06. The van der Waals surface area contributed by atoms with Crippen LogP contribution in [0.1, 0.15) is 32.6 Å². The van der Waals surface area contributed by atoms with E-state index in [9.17, 15) is 4.79 Å². The highest BCUT2D eigenvalue weighted by Gasteiger charge is 2.12. The molecule has 0 atom stereocenters. The van der Waals surface area contributed by atoms with Gasteiger partial charge < -0.3 is 0 Å². The Bertz CT molecular complexity index is 858. The van der Waals surface area contributed by atoms with Crippen LogP contribution in [0.25, 0.3) is 16.6 Å². The van der Waals surface area contributed by atoms with Gasteiger partial charge in [0.2, 0.25) is 0 Å². The molecule has 0 bridgehead atoms. The number of hydrogen-bond donors (Lipinski definition) is 0. The molecule has 4 heteroatoms. The quantitative estimate of drug-likeness (QED) is 0.343. The fourth-order valence-electron chi connectivity index (χ4n) is 2.71. The summed E-state index contributed by atoms with van der Waals surface area (Å²) in [5.41, 5.74) is 1.64. The number of rotatable bonds is 7. The second kappa shape index (κ2) is 8.15. The van der Waals surface area contributed by atoms with Crippen molar-refractivity contribution in [2.75, 3.05) is 5.75 Å². The van der Waals surface area contributed by atoms with Gasteiger partial charge >= 0.3 is 0 Å². The first kappa shape index (κ1) is 16.8. The van der Waals surface area contributed by atoms with E-state index in [0.717, 1.165) is 28.5 Å². The van der Waals surface area contributed by atoms with Gasteiger partial charge in [-0.15, -0.1) is 0 Å². The number of para-hydroxylation sites is 2. The zero-order valence-electron chi connectivity index (χ0n) is 13.9. The fraction of sp³-hybridized carbons (Fsp3) is 0.300. The van der Waals surface area contributed by atoms with Crippen LogP contribution >= 0.6 is 11.8 Å². The fourth-order valence-corrected chi connectivity index (χ4v) is 3.72. The summed E-state index contributed by atoms with van der Waals surface area (Å²) in [5, 5.41) is 1.44. The molecule has 3 nitrogen and oxygen atoms in total. The molecule has 1 heterocycles. The van der Waals surface area contributed by atoms with Crippen LogP contribution in [0.2, 0.25) is 0 Å². The minimum atomic E-state index is 0.00265. The minimum absolute atomic E-state index is 0.00265. The molecule has 1 aromatic heterocycles. The van der Waals surface area contributed by atoms with Gasteiger partial charge in [-0.25, -0.2) is 4.98 Å². The van der Waals surface area contributed by atoms with Crippen LogP contribution in [0.15, 0.2) is 64.5 Å². The summed E-state index contributed by atoms with van der Waals surface area (Å²) >= 11 is 1.67. The van der Waals surface area contributed by atoms with E-state index in [1.807, 2.05) is 54.6 Å². The lowest BCUT2D eigenvalue weighted by Crippen LogP contribution is -2.21. The Morgan fingerprint density at radius 3 is 2.50 bits per heavy atom. The average Bonchev–Trinajstić information content (AvgIpc) is 2.62. The van der Waals surface area contributed by atoms with Crippen LogP contribution in [0.3, 0.4) is 0 Å². The third-order valence-electron chi connectivity index (χ3n) is 3.99. The molecule has 0 amide bonds. The molecular formula is C20H22N2OS. The molecule has 0 saturated heterocycles. The van der Waals surface area contributed by atoms with Crippen molar-refractivity contribution in [1.29, 1.82) is 0 Å². The average molecular weight is 338 g/mol. The molecule has 2 aromatic carbocycles. The van der Waals surface area contributed by atoms with Gasteiger partial charge in [-0.1, -0.05) is 68.3 Å². The van der Waals surface area contributed by atoms with Crippen molar-refractivity contribution in [1.82, 2.24) is 9.55 Å². The summed E-state index contributed by atoms with van der Waals surface area (Å²) in [4.78, 5) is 17.8. The highest BCUT2D eigenvalue weighted by Crippen LogP contribution is 2.22. The molecule has 0 radical (unpaired) electrons. The van der Waals surface area contributed by atoms with Crippen LogP contribution in [0.5, 0.6) is 0 Å². The summed E-state index contributed by atoms with van der Waals surface area (Å²) in [7, 11) is 0. The van der Waals surface area contributed by atoms with Crippen molar-refractivity contribution >= 4 is 22.7 Å². The van der Waals surface area contributed by atoms with Crippen LogP contribution < -0.4 is 5.56 Å². The molecule has 0 spiro atoms. The molecule has 0 aliphatic heterocycles. The van der Waals surface area contributed by atoms with Gasteiger partial charge in [0.05, 0.1) is 16.6 Å². The molecule has 0 aliphatic rings. The third kappa shape index (κ3) is 3.70. The summed E-state index contributed by atoms with van der Waals surface area (Å²) in [6.45, 7) is 2.21. The standard InChI is InChI=1S/C20H22N2OS/c1-2-3-4-10-15-24-20-21-18-14-9-8-13-17(18)19(23)22(20)16-11-6-5-7-12-16/h5-9,11-14H,2-4,10,15H2,1H3. The number of unbranched alkanes of at least 4 members (excludes halogenated alkanes) is 3. The van der Waals surface area contributed by atoms with Gasteiger partial charge in [0, 0.05) is 5.75 Å². The SMILES string of the molecule is CCCCCCSc1nc2ccccc2c(=O)n1-c1ccccc1. The number of thioether (sulfide) groups is 1. The first-order valence-electron chi connectivity index (χ1n) is 8.51. The van der Waals surface area contributed by atoms with Crippen LogP contribution in [0, 0.1) is 0 Å². The molecule has 3 rings (SSSR count). The Morgan fingerprint density at radius 1 is 0.958 bits per heavy atom. The van der Waals surface area contributed by atoms with Crippen molar-refractivity contribution in [3.63, 3.8) is 0 Å². The second-order valence-corrected chi connectivity index (χ2v) is 6.86. The Morgan fingerprint density at radius 2 is 1.71 bits per heavy atom. The Labute approximate surface area is 146 Å². The number of fused-ring (bicyclic) bond motifs is 1. The number of aromatic nitrogens is 2. The van der Waals surface area contributed by atoms with E-state index in [1.165, 1.54) is 19.3 Å². The van der Waals surface area contributed by atoms with E-state index in [-0.39, 0.29) is 5.56 Å². The van der Waals surface area contributed by atoms with Gasteiger partial charge in [0.1, 0.15) is 0 Å². The Hall–Kier alpha value is -2.07. The van der Waals surface area contributed by atoms with Gasteiger partial charge in [-0.05, 0) is 30.7 Å². The van der Waals surface area contributed by atoms with Crippen LogP contribution in [-0.2, 0) is 0 Å². The van der Waals surface area contributed by atoms with E-state index in [1.54, 1.807) is 16.3 Å². The summed E-state index contributed by atoms with van der Waals surface area (Å²) in [6, 6.07) is 17.3. The maximum Gasteiger partial charge on any atom is 0.266 e. The normalized spacial score (nSPS) is 11.0. The maximum atomic E-state index is 13.0. The molecule has 0 N–H and O–H groups in total. The van der Waals surface area contributed by atoms with Crippen LogP contribution in [-0.4, -0.2) is 15.3 Å². The third-order valence-corrected chi connectivity index (χ3v) is 5.01. The Kier molecular flexibility index (Phi) is 5.70. The topological polar surface area (TPSA) is 34.9 Å². The molecule has 3 aromatic rings. The maximum absolute atomic E-state index is 13.0. The van der Waals surface area contributed by atoms with E-state index < -0.39 is 0 Å². The van der Waals surface area contributed by atoms with Crippen molar-refractivity contribution in [2.45, 2.75) is 37.8 Å². The summed E-state index contributed by atoms with van der Waals surface area (Å²) in [6.07, 6.45) is 4.87. The van der Waals surface area contributed by atoms with Crippen molar-refractivity contribution < 1.29 is 0 Å². The van der Waals surface area contributed by atoms with E-state index in [4.69, 9.17) is 4.98 Å². The number of benzene rings is 2. The molecule has 24 heavy (non-hydrogen) atoms. The summed E-state index contributed by atoms with van der Waals surface area (Å²) < 4.78 is 1.74. The lowest BCUT2D eigenvalue weighted by molar-refractivity contribution is 0.705. The van der Waals surface area contributed by atoms with Gasteiger partial charge in [0.15, 0.2) is 5.16 Å². The minimum Gasteiger partial charge on any atom is -0.268 e. The molecule has 0 unspecified atom stereocenters. The van der Waals surface area contributed by atoms with Crippen LogP contribution in [0.4, 0.5) is 0 Å². The first-order valence-corrected chi connectivity index (χ1v) is 9.50. The number of hydrogen-bond acceptors (Lipinski definition) is 3. The monoisotopic (exact) mass is 338 g/mol. The van der Waals surface area contributed by atoms with E-state index in [2.05, 4.69) is 6.92 Å². The highest BCUT2D eigenvalue weighted by molar-refractivity contribution is 7.99. The van der Waals surface area contributed by atoms with E-state index >= 15 is 0 Å². The van der Waals surface area contributed by atoms with Crippen molar-refractivity contribution in [3.05, 3.63) is 65.0 Å². The van der Waals surface area contributed by atoms with Gasteiger partial charge in [-0.2, -0.15) is 0 Å². The lowest BCUT2D eigenvalue weighted by Gasteiger charge is -2.13. The van der Waals surface area contributed by atoms with Crippen molar-refractivity contribution in [3.8, 4) is 5.69 Å². The molecule has 0 saturated carbocycles. The lowest BCUT2D eigenvalue weighted by atomic mass is 10.2. The molecule has 0 aliphatic carbocycles. The highest BCUT2D eigenvalue weighted by atomic mass is 32.2. The van der Waals surface area contributed by atoms with E-state index in [0.29, 0.717) is 5.39 Å². The van der Waals surface area contributed by atoms with Gasteiger partial charge in [0.25, 0.3) is 5.56 Å². The number of nitrogens with zero attached hydrogens (tertiary/aromatic N) is 2. The smallest absolute Gasteiger partial charge is 0.266 e. The molecular weight excluding hydrogens is 316 g/mol. The summed E-state index contributed by atoms with van der Waals surface area (Å²) in [5.74, 6) is 0.984. The zero-order valence-corrected chi connectivity index (χ0v) is 14.8. The molecule has 124 valence electrons. The predicted molar refractivity (Wildman–Crippen MR) is 102 cm³/mol. The molecule has 0 fully saturated rings.